The van der Waals surface area contributed by atoms with Crippen molar-refractivity contribution >= 4 is 5.97 Å². The fourth-order valence-electron chi connectivity index (χ4n) is 3.66. The van der Waals surface area contributed by atoms with Crippen LogP contribution in [0.1, 0.15) is 97.3 Å². The second kappa shape index (κ2) is 17.2. The first-order chi connectivity index (χ1) is 15.0. The number of carboxylic acids is 1. The van der Waals surface area contributed by atoms with Crippen LogP contribution in [0, 0.1) is 5.92 Å². The molecule has 0 N–H and O–H groups in total. The van der Waals surface area contributed by atoms with Gasteiger partial charge >= 0.3 is 0 Å². The number of carbonyl (C=O) groups is 1. The molecule has 0 bridgehead atoms. The van der Waals surface area contributed by atoms with Crippen LogP contribution in [0.15, 0.2) is 36.5 Å². The van der Waals surface area contributed by atoms with Gasteiger partial charge in [-0.2, -0.15) is 4.89 Å². The summed E-state index contributed by atoms with van der Waals surface area (Å²) in [4.78, 5) is 21.6. The van der Waals surface area contributed by atoms with E-state index in [1.54, 1.807) is 26.2 Å². The fourth-order valence-corrected chi connectivity index (χ4v) is 3.66. The summed E-state index contributed by atoms with van der Waals surface area (Å²) in [6.45, 7) is 3.58. The Labute approximate surface area is 189 Å². The number of rotatable bonds is 18. The largest absolute Gasteiger partial charge is 0.550 e. The van der Waals surface area contributed by atoms with E-state index in [1.807, 2.05) is 6.92 Å². The third-order valence-electron chi connectivity index (χ3n) is 5.89. The minimum absolute atomic E-state index is 0.645. The number of ether oxygens (including phenoxy) is 1. The summed E-state index contributed by atoms with van der Waals surface area (Å²) in [6.07, 6.45) is 27.2. The molecule has 0 aromatic carbocycles. The average molecular weight is 436 g/mol. The number of methoxy groups -OCH3 is 1. The molecule has 1 rings (SSSR count). The zero-order valence-corrected chi connectivity index (χ0v) is 19.9. The maximum Gasteiger partial charge on any atom is 0.220 e. The van der Waals surface area contributed by atoms with E-state index in [0.29, 0.717) is 6.42 Å². The van der Waals surface area contributed by atoms with E-state index >= 15 is 0 Å². The van der Waals surface area contributed by atoms with Gasteiger partial charge in [-0.05, 0) is 32.3 Å². The Balaban J connectivity index is 2.00. The lowest BCUT2D eigenvalue weighted by Crippen LogP contribution is -2.43. The molecule has 3 atom stereocenters. The molecule has 0 spiro atoms. The predicted molar refractivity (Wildman–Crippen MR) is 123 cm³/mol. The molecule has 0 saturated heterocycles. The van der Waals surface area contributed by atoms with Crippen molar-refractivity contribution in [3.05, 3.63) is 36.5 Å². The molecule has 0 aliphatic carbocycles. The summed E-state index contributed by atoms with van der Waals surface area (Å²) < 4.78 is 5.49. The molecule has 178 valence electrons. The Morgan fingerprint density at radius 3 is 2.10 bits per heavy atom. The minimum Gasteiger partial charge on any atom is -0.550 e. The van der Waals surface area contributed by atoms with Gasteiger partial charge in [0.05, 0.1) is 0 Å². The Bertz CT molecular complexity index is 554. The van der Waals surface area contributed by atoms with E-state index in [0.717, 1.165) is 12.8 Å². The third-order valence-corrected chi connectivity index (χ3v) is 5.89. The lowest BCUT2D eigenvalue weighted by Gasteiger charge is -2.35. The Kier molecular flexibility index (Phi) is 15.3. The van der Waals surface area contributed by atoms with Crippen molar-refractivity contribution in [2.24, 2.45) is 5.92 Å². The molecule has 1 aliphatic rings. The number of carbonyl (C=O) groups excluding carboxylic acids is 1. The molecule has 0 saturated carbocycles. The highest BCUT2D eigenvalue weighted by Crippen LogP contribution is 2.29. The molecular weight excluding hydrogens is 392 g/mol. The maximum atomic E-state index is 11.0. The van der Waals surface area contributed by atoms with Crippen LogP contribution in [0.2, 0.25) is 0 Å². The molecule has 5 nitrogen and oxygen atoms in total. The highest BCUT2D eigenvalue weighted by atomic mass is 17.2. The fraction of sp³-hybridized carbons (Fsp3) is 0.731. The van der Waals surface area contributed by atoms with E-state index in [9.17, 15) is 9.90 Å². The SMILES string of the molecule is CC=CC=CCCCCCCCCCCCCCC1(OC)C=CC(C(C)C(=O)[O-])OO1. The van der Waals surface area contributed by atoms with Crippen molar-refractivity contribution in [1.82, 2.24) is 0 Å². The van der Waals surface area contributed by atoms with Crippen molar-refractivity contribution in [3.8, 4) is 0 Å². The first-order valence-electron chi connectivity index (χ1n) is 12.1. The van der Waals surface area contributed by atoms with Crippen LogP contribution < -0.4 is 5.11 Å². The van der Waals surface area contributed by atoms with Crippen molar-refractivity contribution in [2.45, 2.75) is 109 Å². The Morgan fingerprint density at radius 2 is 1.61 bits per heavy atom. The monoisotopic (exact) mass is 435 g/mol. The summed E-state index contributed by atoms with van der Waals surface area (Å²) in [5, 5.41) is 11.0. The van der Waals surface area contributed by atoms with Gasteiger partial charge in [-0.1, -0.05) is 95.1 Å². The van der Waals surface area contributed by atoms with E-state index in [2.05, 4.69) is 24.3 Å². The van der Waals surface area contributed by atoms with Crippen LogP contribution in [-0.4, -0.2) is 25.0 Å². The number of aliphatic carboxylic acids is 1. The lowest BCUT2D eigenvalue weighted by molar-refractivity contribution is -0.434. The van der Waals surface area contributed by atoms with Gasteiger partial charge in [0.1, 0.15) is 6.10 Å². The summed E-state index contributed by atoms with van der Waals surface area (Å²) in [5.74, 6) is -2.84. The molecule has 1 aliphatic heterocycles. The number of hydrogen-bond donors (Lipinski definition) is 0. The molecule has 1 heterocycles. The second-order valence-electron chi connectivity index (χ2n) is 8.51. The van der Waals surface area contributed by atoms with E-state index in [1.165, 1.54) is 64.2 Å². The molecule has 0 fully saturated rings. The van der Waals surface area contributed by atoms with Gasteiger partial charge in [-0.25, -0.2) is 4.89 Å². The zero-order chi connectivity index (χ0) is 22.8. The molecule has 31 heavy (non-hydrogen) atoms. The van der Waals surface area contributed by atoms with Gasteiger partial charge in [0.15, 0.2) is 0 Å². The smallest absolute Gasteiger partial charge is 0.220 e. The summed E-state index contributed by atoms with van der Waals surface area (Å²) >= 11 is 0. The third kappa shape index (κ3) is 12.3. The van der Waals surface area contributed by atoms with Crippen molar-refractivity contribution in [1.29, 1.82) is 0 Å². The van der Waals surface area contributed by atoms with Crippen LogP contribution in [0.3, 0.4) is 0 Å². The first kappa shape index (κ1) is 27.6. The maximum absolute atomic E-state index is 11.0. The highest BCUT2D eigenvalue weighted by molar-refractivity contribution is 5.68. The molecule has 0 aromatic rings. The highest BCUT2D eigenvalue weighted by Gasteiger charge is 2.35. The van der Waals surface area contributed by atoms with E-state index < -0.39 is 23.8 Å². The van der Waals surface area contributed by atoms with Crippen molar-refractivity contribution in [3.63, 3.8) is 0 Å². The number of carboxylic acid groups (broad SMARTS) is 1. The van der Waals surface area contributed by atoms with Crippen LogP contribution in [0.25, 0.3) is 0 Å². The molecule has 0 radical (unpaired) electrons. The molecule has 5 heteroatoms. The minimum atomic E-state index is -1.16. The van der Waals surface area contributed by atoms with E-state index in [4.69, 9.17) is 14.5 Å². The van der Waals surface area contributed by atoms with Crippen LogP contribution >= 0.6 is 0 Å². The van der Waals surface area contributed by atoms with Gasteiger partial charge in [-0.3, -0.25) is 0 Å². The second-order valence-corrected chi connectivity index (χ2v) is 8.51. The van der Waals surface area contributed by atoms with Gasteiger partial charge in [0.25, 0.3) is 0 Å². The van der Waals surface area contributed by atoms with Crippen molar-refractivity contribution < 1.29 is 24.4 Å². The first-order valence-corrected chi connectivity index (χ1v) is 12.1. The van der Waals surface area contributed by atoms with E-state index in [-0.39, 0.29) is 0 Å². The van der Waals surface area contributed by atoms with Gasteiger partial charge in [0.2, 0.25) is 5.79 Å². The Hall–Kier alpha value is -1.43. The molecular formula is C26H43O5-. The lowest BCUT2D eigenvalue weighted by atomic mass is 10.00. The molecule has 0 aromatic heterocycles. The van der Waals surface area contributed by atoms with Crippen LogP contribution in [0.5, 0.6) is 0 Å². The predicted octanol–water partition coefficient (Wildman–Crippen LogP) is 5.81. The summed E-state index contributed by atoms with van der Waals surface area (Å²) in [7, 11) is 1.58. The number of hydrogen-bond acceptors (Lipinski definition) is 5. The normalized spacial score (nSPS) is 22.5. The van der Waals surface area contributed by atoms with Crippen LogP contribution in [-0.2, 0) is 19.3 Å². The topological polar surface area (TPSA) is 67.8 Å². The molecule has 3 unspecified atom stereocenters. The zero-order valence-electron chi connectivity index (χ0n) is 19.9. The van der Waals surface area contributed by atoms with Gasteiger partial charge in [-0.15, -0.1) is 0 Å². The van der Waals surface area contributed by atoms with Crippen LogP contribution in [0.4, 0.5) is 0 Å². The average Bonchev–Trinajstić information content (AvgIpc) is 2.78. The van der Waals surface area contributed by atoms with Crippen molar-refractivity contribution in [2.75, 3.05) is 7.11 Å². The quantitative estimate of drug-likeness (QED) is 0.118. The summed E-state index contributed by atoms with van der Waals surface area (Å²) in [5.41, 5.74) is 0. The number of allylic oxidation sites excluding steroid dienone is 4. The standard InChI is InChI=1S/C26H44O5/c1-4-5-6-7-8-9-10-11-12-13-14-15-16-17-18-19-21-26(29-3)22-20-24(30-31-26)23(2)25(27)28/h4-7,20,22-24H,8-19,21H2,1-3H3,(H,27,28)/p-1. The summed E-state index contributed by atoms with van der Waals surface area (Å²) in [6, 6.07) is 0. The van der Waals surface area contributed by atoms with Gasteiger partial charge in [0, 0.05) is 25.4 Å². The Morgan fingerprint density at radius 1 is 1.03 bits per heavy atom. The molecule has 0 amide bonds. The number of unbranched alkanes of at least 4 members (excludes halogenated alkanes) is 11. The van der Waals surface area contributed by atoms with Gasteiger partial charge < -0.3 is 14.6 Å².